The third-order valence-electron chi connectivity index (χ3n) is 4.77. The quantitative estimate of drug-likeness (QED) is 0.799. The van der Waals surface area contributed by atoms with Gasteiger partial charge in [-0.15, -0.1) is 0 Å². The summed E-state index contributed by atoms with van der Waals surface area (Å²) < 4.78 is 40.0. The van der Waals surface area contributed by atoms with Crippen LogP contribution in [0.1, 0.15) is 6.92 Å². The van der Waals surface area contributed by atoms with Gasteiger partial charge in [-0.25, -0.2) is 12.8 Å². The predicted molar refractivity (Wildman–Crippen MR) is 106 cm³/mol. The zero-order valence-corrected chi connectivity index (χ0v) is 16.9. The fourth-order valence-electron chi connectivity index (χ4n) is 3.06. The molecule has 1 aliphatic rings. The highest BCUT2D eigenvalue weighted by atomic mass is 35.5. The Labute approximate surface area is 168 Å². The molecule has 1 atom stereocenters. The first kappa shape index (κ1) is 20.7. The summed E-state index contributed by atoms with van der Waals surface area (Å²) in [6, 6.07) is 11.8. The molecule has 0 aliphatic carbocycles. The molecule has 1 unspecified atom stereocenters. The molecule has 6 nitrogen and oxygen atoms in total. The molecule has 9 heteroatoms. The number of amides is 1. The number of rotatable bonds is 5. The number of piperazine rings is 1. The van der Waals surface area contributed by atoms with E-state index in [1.165, 1.54) is 22.5 Å². The predicted octanol–water partition coefficient (Wildman–Crippen LogP) is 2.81. The van der Waals surface area contributed by atoms with E-state index in [0.29, 0.717) is 31.9 Å². The van der Waals surface area contributed by atoms with Crippen LogP contribution in [0.4, 0.5) is 10.1 Å². The average molecular weight is 426 g/mol. The minimum absolute atomic E-state index is 0.0646. The Morgan fingerprint density at radius 1 is 1.11 bits per heavy atom. The molecule has 1 aliphatic heterocycles. The monoisotopic (exact) mass is 425 g/mol. The third kappa shape index (κ3) is 4.52. The van der Waals surface area contributed by atoms with Gasteiger partial charge < -0.3 is 5.32 Å². The van der Waals surface area contributed by atoms with Gasteiger partial charge in [0.1, 0.15) is 5.82 Å². The Morgan fingerprint density at radius 2 is 1.75 bits per heavy atom. The van der Waals surface area contributed by atoms with Crippen molar-refractivity contribution in [1.82, 2.24) is 9.21 Å². The number of hydrogen-bond donors (Lipinski definition) is 1. The van der Waals surface area contributed by atoms with E-state index in [-0.39, 0.29) is 15.8 Å². The number of sulfonamides is 1. The van der Waals surface area contributed by atoms with Crippen LogP contribution < -0.4 is 5.32 Å². The summed E-state index contributed by atoms with van der Waals surface area (Å²) >= 11 is 5.74. The van der Waals surface area contributed by atoms with E-state index < -0.39 is 21.9 Å². The second kappa shape index (κ2) is 8.57. The van der Waals surface area contributed by atoms with Gasteiger partial charge in [-0.2, -0.15) is 4.31 Å². The van der Waals surface area contributed by atoms with Gasteiger partial charge in [0, 0.05) is 31.9 Å². The molecule has 0 saturated carbocycles. The van der Waals surface area contributed by atoms with E-state index in [0.717, 1.165) is 0 Å². The smallest absolute Gasteiger partial charge is 0.243 e. The Morgan fingerprint density at radius 3 is 2.36 bits per heavy atom. The number of hydrogen-bond acceptors (Lipinski definition) is 4. The molecule has 1 heterocycles. The van der Waals surface area contributed by atoms with Crippen LogP contribution >= 0.6 is 11.6 Å². The van der Waals surface area contributed by atoms with Gasteiger partial charge in [-0.05, 0) is 37.3 Å². The second-order valence-electron chi connectivity index (χ2n) is 6.55. The first-order chi connectivity index (χ1) is 13.3. The third-order valence-corrected chi connectivity index (χ3v) is 6.97. The number of carbonyl (C=O) groups is 1. The Hall–Kier alpha value is -2.00. The molecule has 150 valence electrons. The molecule has 1 N–H and O–H groups in total. The molecule has 2 aromatic carbocycles. The highest BCUT2D eigenvalue weighted by Crippen LogP contribution is 2.21. The number of benzene rings is 2. The lowest BCUT2D eigenvalue weighted by atomic mass is 10.2. The van der Waals surface area contributed by atoms with Gasteiger partial charge in [0.15, 0.2) is 0 Å². The summed E-state index contributed by atoms with van der Waals surface area (Å²) in [7, 11) is -3.53. The maximum atomic E-state index is 13.2. The maximum Gasteiger partial charge on any atom is 0.243 e. The highest BCUT2D eigenvalue weighted by Gasteiger charge is 2.31. The van der Waals surface area contributed by atoms with Gasteiger partial charge in [0.25, 0.3) is 0 Å². The molecule has 0 radical (unpaired) electrons. The number of nitrogens with zero attached hydrogens (tertiary/aromatic N) is 2. The standard InChI is InChI=1S/C19H21ClFN3O3S/c1-14(19(25)22-15-7-8-18(21)17(20)13-15)23-9-11-24(12-10-23)28(26,27)16-5-3-2-4-6-16/h2-8,13-14H,9-12H2,1H3,(H,22,25). The first-order valence-electron chi connectivity index (χ1n) is 8.84. The van der Waals surface area contributed by atoms with Crippen LogP contribution in [0.25, 0.3) is 0 Å². The van der Waals surface area contributed by atoms with E-state index >= 15 is 0 Å². The van der Waals surface area contributed by atoms with Crippen LogP contribution in [0.3, 0.4) is 0 Å². The Balaban J connectivity index is 1.59. The van der Waals surface area contributed by atoms with Crippen molar-refractivity contribution in [2.45, 2.75) is 17.9 Å². The summed E-state index contributed by atoms with van der Waals surface area (Å²) in [6.07, 6.45) is 0. The van der Waals surface area contributed by atoms with E-state index in [2.05, 4.69) is 5.32 Å². The lowest BCUT2D eigenvalue weighted by Gasteiger charge is -2.36. The van der Waals surface area contributed by atoms with Crippen LogP contribution in [0.5, 0.6) is 0 Å². The topological polar surface area (TPSA) is 69.7 Å². The van der Waals surface area contributed by atoms with E-state index in [4.69, 9.17) is 11.6 Å². The summed E-state index contributed by atoms with van der Waals surface area (Å²) in [4.78, 5) is 14.7. The fraction of sp³-hybridized carbons (Fsp3) is 0.316. The summed E-state index contributed by atoms with van der Waals surface area (Å²) in [5, 5.41) is 2.65. The molecule has 28 heavy (non-hydrogen) atoms. The fourth-order valence-corrected chi connectivity index (χ4v) is 4.68. The number of anilines is 1. The molecular formula is C19H21ClFN3O3S. The maximum absolute atomic E-state index is 13.2. The van der Waals surface area contributed by atoms with Crippen LogP contribution in [0, 0.1) is 5.82 Å². The van der Waals surface area contributed by atoms with Crippen LogP contribution in [-0.4, -0.2) is 55.8 Å². The zero-order chi connectivity index (χ0) is 20.3. The summed E-state index contributed by atoms with van der Waals surface area (Å²) in [5.41, 5.74) is 0.411. The van der Waals surface area contributed by atoms with Gasteiger partial charge in [0.05, 0.1) is 16.0 Å². The molecule has 1 amide bonds. The average Bonchev–Trinajstić information content (AvgIpc) is 2.71. The Bertz CT molecular complexity index is 948. The van der Waals surface area contributed by atoms with Crippen molar-refractivity contribution in [2.75, 3.05) is 31.5 Å². The van der Waals surface area contributed by atoms with E-state index in [9.17, 15) is 17.6 Å². The van der Waals surface area contributed by atoms with E-state index in [1.807, 2.05) is 4.90 Å². The van der Waals surface area contributed by atoms with Crippen LogP contribution in [0.15, 0.2) is 53.4 Å². The van der Waals surface area contributed by atoms with Crippen molar-refractivity contribution >= 4 is 33.2 Å². The largest absolute Gasteiger partial charge is 0.325 e. The van der Waals surface area contributed by atoms with Gasteiger partial charge >= 0.3 is 0 Å². The molecular weight excluding hydrogens is 405 g/mol. The minimum atomic E-state index is -3.53. The van der Waals surface area contributed by atoms with E-state index in [1.54, 1.807) is 37.3 Å². The molecule has 3 rings (SSSR count). The lowest BCUT2D eigenvalue weighted by Crippen LogP contribution is -2.53. The molecule has 2 aromatic rings. The second-order valence-corrected chi connectivity index (χ2v) is 8.89. The first-order valence-corrected chi connectivity index (χ1v) is 10.7. The molecule has 1 fully saturated rings. The molecule has 0 bridgehead atoms. The minimum Gasteiger partial charge on any atom is -0.325 e. The van der Waals surface area contributed by atoms with Crippen molar-refractivity contribution in [3.8, 4) is 0 Å². The molecule has 0 spiro atoms. The Kier molecular flexibility index (Phi) is 6.34. The molecule has 1 saturated heterocycles. The lowest BCUT2D eigenvalue weighted by molar-refractivity contribution is -0.121. The number of carbonyl (C=O) groups excluding carboxylic acids is 1. The van der Waals surface area contributed by atoms with Gasteiger partial charge in [-0.1, -0.05) is 29.8 Å². The van der Waals surface area contributed by atoms with Crippen molar-refractivity contribution in [3.05, 3.63) is 59.4 Å². The van der Waals surface area contributed by atoms with Crippen molar-refractivity contribution < 1.29 is 17.6 Å². The number of nitrogens with one attached hydrogen (secondary N) is 1. The van der Waals surface area contributed by atoms with Crippen LogP contribution in [0.2, 0.25) is 5.02 Å². The summed E-state index contributed by atoms with van der Waals surface area (Å²) in [6.45, 7) is 3.23. The zero-order valence-electron chi connectivity index (χ0n) is 15.3. The van der Waals surface area contributed by atoms with Crippen molar-refractivity contribution in [3.63, 3.8) is 0 Å². The SMILES string of the molecule is CC(C(=O)Nc1ccc(F)c(Cl)c1)N1CCN(S(=O)(=O)c2ccccc2)CC1. The molecule has 0 aromatic heterocycles. The van der Waals surface area contributed by atoms with Gasteiger partial charge in [-0.3, -0.25) is 9.69 Å². The van der Waals surface area contributed by atoms with Gasteiger partial charge in [0.2, 0.25) is 15.9 Å². The van der Waals surface area contributed by atoms with Crippen LogP contribution in [-0.2, 0) is 14.8 Å². The summed E-state index contributed by atoms with van der Waals surface area (Å²) in [5.74, 6) is -0.814. The van der Waals surface area contributed by atoms with Crippen molar-refractivity contribution in [2.24, 2.45) is 0 Å². The van der Waals surface area contributed by atoms with Crippen molar-refractivity contribution in [1.29, 1.82) is 0 Å². The number of halogens is 2. The highest BCUT2D eigenvalue weighted by molar-refractivity contribution is 7.89. The normalized spacial score (nSPS) is 17.2.